The normalized spacial score (nSPS) is 23.0. The fourth-order valence-corrected chi connectivity index (χ4v) is 14.4. The van der Waals surface area contributed by atoms with Gasteiger partial charge in [0.15, 0.2) is 18.9 Å². The van der Waals surface area contributed by atoms with Crippen LogP contribution in [0, 0.1) is 35.5 Å². The Kier molecular flexibility index (Phi) is 56.4. The van der Waals surface area contributed by atoms with Gasteiger partial charge in [0, 0.05) is 152 Å². The molecule has 6 unspecified atom stereocenters. The number of carboxylic acids is 1. The summed E-state index contributed by atoms with van der Waals surface area (Å²) in [7, 11) is 0. The highest BCUT2D eigenvalue weighted by atomic mass is 16.7. The Morgan fingerprint density at radius 3 is 0.885 bits per heavy atom. The molecule has 0 spiro atoms. The molecule has 0 aliphatic carbocycles. The number of Topliss-reactive ketones (excluding diaryl/α,β-unsaturated/α-hetero) is 1. The molecule has 36 nitrogen and oxygen atoms in total. The number of unbranched alkanes of at least 4 members (excludes halogenated alkanes) is 11. The number of hydrogen-bond donors (Lipinski definition) is 10. The molecule has 3 fully saturated rings. The number of esters is 3. The van der Waals surface area contributed by atoms with Gasteiger partial charge in [-0.2, -0.15) is 0 Å². The number of carbonyl (C=O) groups is 14. The van der Waals surface area contributed by atoms with Crippen molar-refractivity contribution in [1.82, 2.24) is 47.9 Å². The molecule has 3 heterocycles. The van der Waals surface area contributed by atoms with Crippen LogP contribution >= 0.6 is 0 Å². The molecule has 0 radical (unpaired) electrons. The van der Waals surface area contributed by atoms with Crippen molar-refractivity contribution in [2.75, 3.05) is 112 Å². The zero-order valence-corrected chi connectivity index (χ0v) is 74.8. The Morgan fingerprint density at radius 1 is 0.303 bits per heavy atom. The smallest absolute Gasteiger partial charge is 0.303 e. The molecule has 122 heavy (non-hydrogen) atoms. The highest BCUT2D eigenvalue weighted by molar-refractivity contribution is 5.80. The van der Waals surface area contributed by atoms with Gasteiger partial charge in [0.1, 0.15) is 31.1 Å². The van der Waals surface area contributed by atoms with Gasteiger partial charge in [-0.15, -0.1) is 0 Å². The van der Waals surface area contributed by atoms with E-state index in [4.69, 9.17) is 61.9 Å². The van der Waals surface area contributed by atoms with Crippen LogP contribution in [0.1, 0.15) is 256 Å². The van der Waals surface area contributed by atoms with Crippen molar-refractivity contribution in [2.24, 2.45) is 35.5 Å². The number of ether oxygens (including phenoxy) is 12. The van der Waals surface area contributed by atoms with Gasteiger partial charge in [-0.3, -0.25) is 67.1 Å². The highest BCUT2D eigenvalue weighted by Crippen LogP contribution is 2.35. The first-order valence-electron chi connectivity index (χ1n) is 44.3. The highest BCUT2D eigenvalue weighted by Gasteiger charge is 2.46. The van der Waals surface area contributed by atoms with E-state index in [1.807, 2.05) is 41.5 Å². The number of ketones is 1. The van der Waals surface area contributed by atoms with Gasteiger partial charge < -0.3 is 110 Å². The Hall–Kier alpha value is -7.58. The second-order valence-corrected chi connectivity index (χ2v) is 32.8. The van der Waals surface area contributed by atoms with E-state index in [0.717, 1.165) is 38.5 Å². The molecule has 700 valence electrons. The molecule has 3 rings (SSSR count). The van der Waals surface area contributed by atoms with Crippen LogP contribution in [0.4, 0.5) is 0 Å². The number of nitrogens with one attached hydrogen (secondary N) is 9. The molecule has 0 aromatic rings. The molecule has 3 aliphatic rings. The molecule has 15 atom stereocenters. The first kappa shape index (κ1) is 109. The third kappa shape index (κ3) is 48.6. The van der Waals surface area contributed by atoms with Crippen LogP contribution < -0.4 is 47.9 Å². The largest absolute Gasteiger partial charge is 0.481 e. The summed E-state index contributed by atoms with van der Waals surface area (Å²) >= 11 is 0. The van der Waals surface area contributed by atoms with Crippen molar-refractivity contribution in [1.29, 1.82) is 0 Å². The summed E-state index contributed by atoms with van der Waals surface area (Å²) in [6.07, 6.45) is 9.07. The van der Waals surface area contributed by atoms with E-state index in [-0.39, 0.29) is 232 Å². The molecule has 0 bridgehead atoms. The van der Waals surface area contributed by atoms with Gasteiger partial charge in [0.25, 0.3) is 0 Å². The third-order valence-electron chi connectivity index (χ3n) is 22.2. The lowest BCUT2D eigenvalue weighted by Gasteiger charge is -2.44. The van der Waals surface area contributed by atoms with Crippen molar-refractivity contribution in [3.63, 3.8) is 0 Å². The second kappa shape index (κ2) is 63.4. The minimum Gasteiger partial charge on any atom is -0.481 e. The van der Waals surface area contributed by atoms with Crippen LogP contribution in [0.5, 0.6) is 0 Å². The lowest BCUT2D eigenvalue weighted by molar-refractivity contribution is -0.244. The SMILES string of the molecule is CC(=O)N[C@H]1C(C)[C@H](C)C(COC(C)=O)O[C@H]1OCCCCC(=O)CCCCNC(=O)CCOCC(COCCC(=O)NCCCNC(=O)CCCCO[C@@H]1OC(COC(C)=O)[C@@H](C)C(C)[C@@H]1NC(C)=O)(COCCC(=O)NCCCNC(=O)CCCCO[C@@H]1OC(COC(C)=O)[C@@H](C)C(C)[C@@H]1NC(C)=O)NC(=O)CCCCCCCCCCC(=O)O. The molecule has 10 N–H and O–H groups in total. The summed E-state index contributed by atoms with van der Waals surface area (Å²) in [5, 5.41) is 35.2. The summed E-state index contributed by atoms with van der Waals surface area (Å²) in [6.45, 7) is 21.6. The van der Waals surface area contributed by atoms with Crippen LogP contribution in [0.3, 0.4) is 0 Å². The summed E-state index contributed by atoms with van der Waals surface area (Å²) < 4.78 is 70.9. The summed E-state index contributed by atoms with van der Waals surface area (Å²) in [5.74, 6) is -4.67. The monoisotopic (exact) mass is 1740 g/mol. The lowest BCUT2D eigenvalue weighted by atomic mass is 9.82. The van der Waals surface area contributed by atoms with Crippen LogP contribution in [-0.2, 0) is 124 Å². The Labute approximate surface area is 721 Å². The van der Waals surface area contributed by atoms with Crippen LogP contribution in [0.2, 0.25) is 0 Å². The maximum Gasteiger partial charge on any atom is 0.303 e. The van der Waals surface area contributed by atoms with E-state index in [1.165, 1.54) is 41.5 Å². The molecular weight excluding hydrogens is 1590 g/mol. The second-order valence-electron chi connectivity index (χ2n) is 32.8. The van der Waals surface area contributed by atoms with Gasteiger partial charge >= 0.3 is 23.9 Å². The molecule has 0 aromatic carbocycles. The number of amides is 9. The minimum absolute atomic E-state index is 0.0362. The van der Waals surface area contributed by atoms with Crippen LogP contribution in [0.15, 0.2) is 0 Å². The van der Waals surface area contributed by atoms with E-state index in [0.29, 0.717) is 110 Å². The molecular formula is C86H149N9O27. The van der Waals surface area contributed by atoms with Crippen molar-refractivity contribution in [3.05, 3.63) is 0 Å². The summed E-state index contributed by atoms with van der Waals surface area (Å²) in [5.41, 5.74) is -1.38. The lowest BCUT2D eigenvalue weighted by Crippen LogP contribution is -2.58. The van der Waals surface area contributed by atoms with Gasteiger partial charge in [0.2, 0.25) is 53.2 Å². The van der Waals surface area contributed by atoms with E-state index in [9.17, 15) is 67.1 Å². The predicted molar refractivity (Wildman–Crippen MR) is 447 cm³/mol. The van der Waals surface area contributed by atoms with E-state index >= 15 is 0 Å². The zero-order chi connectivity index (χ0) is 90.2. The molecule has 0 saturated carbocycles. The van der Waals surface area contributed by atoms with E-state index in [2.05, 4.69) is 47.9 Å². The molecule has 3 aliphatic heterocycles. The molecule has 9 amide bonds. The minimum atomic E-state index is -1.38. The number of hydrogen-bond acceptors (Lipinski definition) is 26. The maximum atomic E-state index is 14.0. The fourth-order valence-electron chi connectivity index (χ4n) is 14.4. The number of carboxylic acid groups (broad SMARTS) is 1. The quantitative estimate of drug-likeness (QED) is 0.0192. The Bertz CT molecular complexity index is 2850. The van der Waals surface area contributed by atoms with Crippen molar-refractivity contribution >= 4 is 82.8 Å². The van der Waals surface area contributed by atoms with Gasteiger partial charge in [-0.25, -0.2) is 0 Å². The number of aliphatic carboxylic acids is 1. The molecule has 0 aromatic heterocycles. The summed E-state index contributed by atoms with van der Waals surface area (Å²) in [4.78, 5) is 174. The maximum absolute atomic E-state index is 14.0. The van der Waals surface area contributed by atoms with Gasteiger partial charge in [-0.05, 0) is 113 Å². The van der Waals surface area contributed by atoms with Crippen molar-refractivity contribution in [3.8, 4) is 0 Å². The van der Waals surface area contributed by atoms with E-state index < -0.39 is 84.7 Å². The van der Waals surface area contributed by atoms with Crippen LogP contribution in [0.25, 0.3) is 0 Å². The van der Waals surface area contributed by atoms with E-state index in [1.54, 1.807) is 0 Å². The molecule has 3 saturated heterocycles. The predicted octanol–water partition coefficient (Wildman–Crippen LogP) is 5.90. The summed E-state index contributed by atoms with van der Waals surface area (Å²) in [6, 6.07) is -1.28. The first-order valence-corrected chi connectivity index (χ1v) is 44.3. The fraction of sp³-hybridized carbons (Fsp3) is 0.837. The third-order valence-corrected chi connectivity index (χ3v) is 22.2. The topological polar surface area (TPSA) is 478 Å². The standard InChI is InChI=1S/C86H149N9O27/c1-57-60(4)80(92-63(7)96)83(120-70(57)51-117-66(10)99)114-45-26-22-32-69(102)31-21-25-40-87-75(105)37-48-111-54-86(95-78(108)35-19-17-15-13-14-16-18-20-36-79(109)110,55-112-49-38-76(106)90-43-29-41-88-73(103)33-23-27-46-115-84-81(93-64(8)97)61(5)58(2)71(121-84)52-118-67(11)100)56-113-50-39-77(107)91-44-30-42-89-74(104)34-24-28-47-116-85-82(94-65(9)98)62(6)59(3)72(122-85)53-119-68(12)101/h57-62,70-72,80-85H,13-56H2,1-12H3,(H,87,105)(H,88,103)(H,89,104)(H,90,106)(H,91,107)(H,92,96)(H,93,97)(H,94,98)(H,95,108)(H,109,110)/t57-,58-,59-,60?,61?,62?,70?,71?,72?,80-,81-,82-,83+,84+,85+,86?/m0/s1. The molecule has 36 heteroatoms. The Balaban J connectivity index is 1.58. The number of carbonyl (C=O) groups excluding carboxylic acids is 13. The van der Waals surface area contributed by atoms with Crippen molar-refractivity contribution < 1.29 is 129 Å². The van der Waals surface area contributed by atoms with Gasteiger partial charge in [-0.1, -0.05) is 80.1 Å². The van der Waals surface area contributed by atoms with Gasteiger partial charge in [0.05, 0.1) is 76.1 Å². The average molecular weight is 1740 g/mol. The zero-order valence-electron chi connectivity index (χ0n) is 74.8. The Morgan fingerprint density at radius 2 is 0.574 bits per heavy atom. The average Bonchev–Trinajstić information content (AvgIpc) is 0.813. The number of rotatable bonds is 67. The first-order chi connectivity index (χ1) is 58.2. The van der Waals surface area contributed by atoms with Crippen LogP contribution in [-0.4, -0.2) is 261 Å². The van der Waals surface area contributed by atoms with Crippen molar-refractivity contribution in [2.45, 2.75) is 317 Å².